The molecule has 2 aliphatic rings. The van der Waals surface area contributed by atoms with E-state index in [1.165, 1.54) is 5.56 Å². The first-order valence-corrected chi connectivity index (χ1v) is 11.2. The van der Waals surface area contributed by atoms with Gasteiger partial charge in [-0.3, -0.25) is 0 Å². The quantitative estimate of drug-likeness (QED) is 0.377. The van der Waals surface area contributed by atoms with Gasteiger partial charge in [-0.2, -0.15) is 5.10 Å². The van der Waals surface area contributed by atoms with Crippen LogP contribution in [0.2, 0.25) is 10.0 Å². The van der Waals surface area contributed by atoms with Crippen LogP contribution in [0.5, 0.6) is 11.5 Å². The van der Waals surface area contributed by atoms with Crippen molar-refractivity contribution in [3.63, 3.8) is 0 Å². The zero-order valence-electron chi connectivity index (χ0n) is 17.6. The lowest BCUT2D eigenvalue weighted by Crippen LogP contribution is -2.33. The average molecular weight is 465 g/mol. The molecule has 0 aromatic heterocycles. The number of hydrogen-bond donors (Lipinski definition) is 0. The van der Waals surface area contributed by atoms with Gasteiger partial charge in [-0.25, -0.2) is 5.01 Å². The Bertz CT molecular complexity index is 1190. The van der Waals surface area contributed by atoms with Crippen molar-refractivity contribution in [2.24, 2.45) is 5.10 Å². The van der Waals surface area contributed by atoms with E-state index in [0.717, 1.165) is 34.6 Å². The fourth-order valence-corrected chi connectivity index (χ4v) is 4.69. The minimum atomic E-state index is -0.414. The van der Waals surface area contributed by atoms with Crippen LogP contribution in [-0.4, -0.2) is 17.3 Å². The molecule has 0 fully saturated rings. The van der Waals surface area contributed by atoms with Gasteiger partial charge in [-0.1, -0.05) is 65.7 Å². The lowest BCUT2D eigenvalue weighted by Gasteiger charge is -2.38. The van der Waals surface area contributed by atoms with Gasteiger partial charge in [0.05, 0.1) is 16.8 Å². The van der Waals surface area contributed by atoms with Gasteiger partial charge < -0.3 is 9.47 Å². The van der Waals surface area contributed by atoms with E-state index in [-0.39, 0.29) is 6.04 Å². The summed E-state index contributed by atoms with van der Waals surface area (Å²) in [5.74, 6) is 1.44. The highest BCUT2D eigenvalue weighted by Gasteiger charge is 2.42. The Kier molecular flexibility index (Phi) is 5.58. The van der Waals surface area contributed by atoms with E-state index in [1.807, 2.05) is 35.3 Å². The number of halogens is 2. The molecule has 32 heavy (non-hydrogen) atoms. The van der Waals surface area contributed by atoms with Crippen LogP contribution in [0, 0.1) is 6.92 Å². The first-order valence-electron chi connectivity index (χ1n) is 10.5. The molecule has 2 heterocycles. The number of hydrazone groups is 1. The van der Waals surface area contributed by atoms with Gasteiger partial charge in [0, 0.05) is 22.6 Å². The normalized spacial score (nSPS) is 19.0. The predicted octanol–water partition coefficient (Wildman–Crippen LogP) is 7.11. The molecule has 0 amide bonds. The molecule has 0 aliphatic carbocycles. The summed E-state index contributed by atoms with van der Waals surface area (Å²) in [6, 6.07) is 19.9. The average Bonchev–Trinajstić information content (AvgIpc) is 3.24. The minimum Gasteiger partial charge on any atom is -0.490 e. The number of nitrogens with zero attached hydrogens (tertiary/aromatic N) is 2. The lowest BCUT2D eigenvalue weighted by molar-refractivity contribution is -0.0189. The number of aryl methyl sites for hydroxylation is 1. The highest BCUT2D eigenvalue weighted by molar-refractivity contribution is 6.35. The van der Waals surface area contributed by atoms with Crippen molar-refractivity contribution in [1.82, 2.24) is 5.01 Å². The van der Waals surface area contributed by atoms with Crippen molar-refractivity contribution < 1.29 is 9.47 Å². The number of benzene rings is 3. The molecule has 5 rings (SSSR count). The molecule has 0 spiro atoms. The minimum absolute atomic E-state index is 0.0204. The Hall–Kier alpha value is -2.95. The second-order valence-electron chi connectivity index (χ2n) is 7.96. The molecule has 3 aromatic rings. The third-order valence-corrected chi connectivity index (χ3v) is 6.22. The van der Waals surface area contributed by atoms with Crippen LogP contribution in [0.15, 0.2) is 78.4 Å². The van der Waals surface area contributed by atoms with E-state index in [0.29, 0.717) is 22.4 Å². The van der Waals surface area contributed by atoms with E-state index in [1.54, 1.807) is 12.1 Å². The van der Waals surface area contributed by atoms with Crippen molar-refractivity contribution in [1.29, 1.82) is 0 Å². The number of fused-ring (bicyclic) bond motifs is 3. The van der Waals surface area contributed by atoms with E-state index in [9.17, 15) is 0 Å². The van der Waals surface area contributed by atoms with Gasteiger partial charge in [0.1, 0.15) is 18.1 Å². The summed E-state index contributed by atoms with van der Waals surface area (Å²) < 4.78 is 12.0. The van der Waals surface area contributed by atoms with Gasteiger partial charge in [-0.05, 0) is 48.9 Å². The maximum atomic E-state index is 6.55. The molecule has 0 bridgehead atoms. The molecule has 2 unspecified atom stereocenters. The van der Waals surface area contributed by atoms with Crippen molar-refractivity contribution >= 4 is 28.9 Å². The number of hydrogen-bond acceptors (Lipinski definition) is 4. The number of ether oxygens (including phenoxy) is 2. The fraction of sp³-hybridized carbons (Fsp3) is 0.192. The van der Waals surface area contributed by atoms with Crippen LogP contribution >= 0.6 is 23.2 Å². The Morgan fingerprint density at radius 2 is 1.88 bits per heavy atom. The summed E-state index contributed by atoms with van der Waals surface area (Å²) in [6.07, 6.45) is 2.05. The molecule has 0 radical (unpaired) electrons. The SMILES string of the molecule is C=CCOc1ccc(C2Oc3c(Cl)cc(Cl)cc3C3CC(c4ccc(C)cc4)=NN32)cc1. The second kappa shape index (κ2) is 8.53. The van der Waals surface area contributed by atoms with Crippen LogP contribution in [0.4, 0.5) is 0 Å². The molecule has 2 aliphatic heterocycles. The Balaban J connectivity index is 1.55. The summed E-state index contributed by atoms with van der Waals surface area (Å²) in [7, 11) is 0. The highest BCUT2D eigenvalue weighted by Crippen LogP contribution is 2.50. The number of rotatable bonds is 5. The Labute approximate surface area is 197 Å². The van der Waals surface area contributed by atoms with Crippen LogP contribution in [-0.2, 0) is 0 Å². The topological polar surface area (TPSA) is 34.1 Å². The summed E-state index contributed by atoms with van der Waals surface area (Å²) in [5, 5.41) is 8.10. The highest BCUT2D eigenvalue weighted by atomic mass is 35.5. The fourth-order valence-electron chi connectivity index (χ4n) is 4.14. The summed E-state index contributed by atoms with van der Waals surface area (Å²) in [6.45, 7) is 6.23. The van der Waals surface area contributed by atoms with E-state index < -0.39 is 6.23 Å². The molecule has 6 heteroatoms. The monoisotopic (exact) mass is 464 g/mol. The molecule has 0 saturated heterocycles. The Morgan fingerprint density at radius 1 is 1.12 bits per heavy atom. The smallest absolute Gasteiger partial charge is 0.213 e. The first-order chi connectivity index (χ1) is 15.5. The molecule has 0 N–H and O–H groups in total. The lowest BCUT2D eigenvalue weighted by atomic mass is 9.95. The summed E-state index contributed by atoms with van der Waals surface area (Å²) in [4.78, 5) is 0. The molecular weight excluding hydrogens is 443 g/mol. The van der Waals surface area contributed by atoms with Gasteiger partial charge in [0.25, 0.3) is 0 Å². The predicted molar refractivity (Wildman–Crippen MR) is 129 cm³/mol. The van der Waals surface area contributed by atoms with Crippen molar-refractivity contribution in [3.05, 3.63) is 106 Å². The molecule has 2 atom stereocenters. The van der Waals surface area contributed by atoms with Gasteiger partial charge in [0.2, 0.25) is 6.23 Å². The third-order valence-electron chi connectivity index (χ3n) is 5.73. The summed E-state index contributed by atoms with van der Waals surface area (Å²) >= 11 is 12.9. The van der Waals surface area contributed by atoms with E-state index in [4.69, 9.17) is 37.8 Å². The van der Waals surface area contributed by atoms with Crippen molar-refractivity contribution in [2.75, 3.05) is 6.61 Å². The van der Waals surface area contributed by atoms with Crippen LogP contribution in [0.1, 0.15) is 40.9 Å². The maximum Gasteiger partial charge on any atom is 0.213 e. The molecule has 3 aromatic carbocycles. The Morgan fingerprint density at radius 3 is 2.59 bits per heavy atom. The zero-order valence-corrected chi connectivity index (χ0v) is 19.1. The largest absolute Gasteiger partial charge is 0.490 e. The molecule has 162 valence electrons. The molecule has 0 saturated carbocycles. The standard InChI is InChI=1S/C26H22Cl2N2O2/c1-3-12-31-20-10-8-18(9-11-20)26-30-24(21-13-19(27)14-22(28)25(21)32-26)15-23(29-30)17-6-4-16(2)5-7-17/h3-11,13-14,24,26H,1,12,15H2,2H3. The second-order valence-corrected chi connectivity index (χ2v) is 8.80. The van der Waals surface area contributed by atoms with E-state index >= 15 is 0 Å². The van der Waals surface area contributed by atoms with Crippen molar-refractivity contribution in [3.8, 4) is 11.5 Å². The van der Waals surface area contributed by atoms with Crippen LogP contribution in [0.3, 0.4) is 0 Å². The summed E-state index contributed by atoms with van der Waals surface area (Å²) in [5.41, 5.74) is 5.25. The third kappa shape index (κ3) is 3.85. The van der Waals surface area contributed by atoms with Crippen LogP contribution < -0.4 is 9.47 Å². The zero-order chi connectivity index (χ0) is 22.2. The maximum absolute atomic E-state index is 6.55. The first kappa shape index (κ1) is 20.9. The van der Waals surface area contributed by atoms with Crippen LogP contribution in [0.25, 0.3) is 0 Å². The molecule has 4 nitrogen and oxygen atoms in total. The van der Waals surface area contributed by atoms with Gasteiger partial charge in [-0.15, -0.1) is 0 Å². The van der Waals surface area contributed by atoms with E-state index in [2.05, 4.69) is 37.8 Å². The van der Waals surface area contributed by atoms with Crippen molar-refractivity contribution in [2.45, 2.75) is 25.6 Å². The van der Waals surface area contributed by atoms with Gasteiger partial charge >= 0.3 is 0 Å². The van der Waals surface area contributed by atoms with Gasteiger partial charge in [0.15, 0.2) is 0 Å². The molecular formula is C26H22Cl2N2O2.